The highest BCUT2D eigenvalue weighted by Gasteiger charge is 2.19. The maximum Gasteiger partial charge on any atom is 0.0984 e. The summed E-state index contributed by atoms with van der Waals surface area (Å²) in [5.41, 5.74) is 0. The summed E-state index contributed by atoms with van der Waals surface area (Å²) in [4.78, 5) is 0. The van der Waals surface area contributed by atoms with Gasteiger partial charge in [-0.15, -0.1) is 0 Å². The van der Waals surface area contributed by atoms with Crippen LogP contribution in [0.1, 0.15) is 52.4 Å². The molecule has 13 heavy (non-hydrogen) atoms. The summed E-state index contributed by atoms with van der Waals surface area (Å²) in [6, 6.07) is 0. The molecule has 2 atom stereocenters. The number of ether oxygens (including phenoxy) is 1. The Balaban J connectivity index is 2.23. The van der Waals surface area contributed by atoms with Crippen LogP contribution >= 0.6 is 0 Å². The molecule has 0 spiro atoms. The molecule has 0 aromatic carbocycles. The highest BCUT2D eigenvalue weighted by Crippen LogP contribution is 2.27. The smallest absolute Gasteiger partial charge is 0.0984 e. The summed E-state index contributed by atoms with van der Waals surface area (Å²) in [6.45, 7) is 8.42. The van der Waals surface area contributed by atoms with E-state index in [4.69, 9.17) is 4.74 Å². The SMILES string of the molecule is C=C(CCC)O[C@H]1CCCC(C)C1. The van der Waals surface area contributed by atoms with Gasteiger partial charge in [0.05, 0.1) is 11.9 Å². The largest absolute Gasteiger partial charge is 0.495 e. The fourth-order valence-electron chi connectivity index (χ4n) is 2.06. The Labute approximate surface area is 82.2 Å². The molecule has 0 saturated heterocycles. The summed E-state index contributed by atoms with van der Waals surface area (Å²) in [5.74, 6) is 1.83. The predicted molar refractivity (Wildman–Crippen MR) is 56.6 cm³/mol. The molecular formula is C12H22O. The van der Waals surface area contributed by atoms with Crippen molar-refractivity contribution in [3.8, 4) is 0 Å². The molecule has 1 rings (SSSR count). The summed E-state index contributed by atoms with van der Waals surface area (Å²) >= 11 is 0. The third-order valence-electron chi connectivity index (χ3n) is 2.75. The van der Waals surface area contributed by atoms with Crippen molar-refractivity contribution in [2.24, 2.45) is 5.92 Å². The quantitative estimate of drug-likeness (QED) is 0.599. The van der Waals surface area contributed by atoms with Gasteiger partial charge in [0, 0.05) is 6.42 Å². The van der Waals surface area contributed by atoms with Gasteiger partial charge in [-0.1, -0.05) is 26.8 Å². The molecule has 1 fully saturated rings. The number of hydrogen-bond donors (Lipinski definition) is 0. The van der Waals surface area contributed by atoms with E-state index in [-0.39, 0.29) is 0 Å². The van der Waals surface area contributed by atoms with Crippen LogP contribution in [0.15, 0.2) is 12.3 Å². The Morgan fingerprint density at radius 2 is 2.23 bits per heavy atom. The van der Waals surface area contributed by atoms with E-state index < -0.39 is 0 Å². The van der Waals surface area contributed by atoms with Gasteiger partial charge in [0.2, 0.25) is 0 Å². The Bertz CT molecular complexity index is 163. The minimum Gasteiger partial charge on any atom is -0.495 e. The Morgan fingerprint density at radius 3 is 2.85 bits per heavy atom. The minimum atomic E-state index is 0.461. The van der Waals surface area contributed by atoms with Gasteiger partial charge in [-0.2, -0.15) is 0 Å². The summed E-state index contributed by atoms with van der Waals surface area (Å²) < 4.78 is 5.81. The van der Waals surface area contributed by atoms with Crippen molar-refractivity contribution >= 4 is 0 Å². The van der Waals surface area contributed by atoms with Crippen LogP contribution in [0.4, 0.5) is 0 Å². The van der Waals surface area contributed by atoms with Gasteiger partial charge < -0.3 is 4.74 Å². The van der Waals surface area contributed by atoms with Crippen LogP contribution in [0.3, 0.4) is 0 Å². The fourth-order valence-corrected chi connectivity index (χ4v) is 2.06. The van der Waals surface area contributed by atoms with Crippen LogP contribution in [0.2, 0.25) is 0 Å². The maximum absolute atomic E-state index is 5.81. The predicted octanol–water partition coefficient (Wildman–Crippen LogP) is 3.90. The lowest BCUT2D eigenvalue weighted by atomic mass is 9.89. The highest BCUT2D eigenvalue weighted by atomic mass is 16.5. The Kier molecular flexibility index (Phi) is 4.34. The second-order valence-corrected chi connectivity index (χ2v) is 4.30. The monoisotopic (exact) mass is 182 g/mol. The van der Waals surface area contributed by atoms with Gasteiger partial charge in [0.1, 0.15) is 0 Å². The van der Waals surface area contributed by atoms with Gasteiger partial charge in [-0.05, 0) is 31.6 Å². The third-order valence-corrected chi connectivity index (χ3v) is 2.75. The third kappa shape index (κ3) is 3.84. The molecule has 0 amide bonds. The first kappa shape index (κ1) is 10.6. The van der Waals surface area contributed by atoms with Gasteiger partial charge in [-0.3, -0.25) is 0 Å². The summed E-state index contributed by atoms with van der Waals surface area (Å²) in [7, 11) is 0. The Morgan fingerprint density at radius 1 is 1.46 bits per heavy atom. The zero-order valence-corrected chi connectivity index (χ0v) is 9.01. The van der Waals surface area contributed by atoms with Crippen LogP contribution in [0.5, 0.6) is 0 Å². The topological polar surface area (TPSA) is 9.23 Å². The molecule has 1 heteroatoms. The first-order valence-electron chi connectivity index (χ1n) is 5.56. The van der Waals surface area contributed by atoms with Gasteiger partial charge in [-0.25, -0.2) is 0 Å². The molecule has 0 N–H and O–H groups in total. The molecule has 1 nitrogen and oxygen atoms in total. The molecule has 0 aromatic rings. The number of rotatable bonds is 4. The van der Waals surface area contributed by atoms with Gasteiger partial charge in [0.25, 0.3) is 0 Å². The first-order valence-corrected chi connectivity index (χ1v) is 5.56. The number of hydrogen-bond acceptors (Lipinski definition) is 1. The molecule has 1 unspecified atom stereocenters. The lowest BCUT2D eigenvalue weighted by molar-refractivity contribution is 0.0609. The molecule has 76 valence electrons. The lowest BCUT2D eigenvalue weighted by Crippen LogP contribution is -2.20. The van der Waals surface area contributed by atoms with Crippen molar-refractivity contribution in [3.05, 3.63) is 12.3 Å². The normalized spacial score (nSPS) is 28.5. The van der Waals surface area contributed by atoms with E-state index >= 15 is 0 Å². The van der Waals surface area contributed by atoms with Crippen molar-refractivity contribution in [1.29, 1.82) is 0 Å². The van der Waals surface area contributed by atoms with Crippen LogP contribution in [0.25, 0.3) is 0 Å². The molecule has 0 bridgehead atoms. The van der Waals surface area contributed by atoms with Gasteiger partial charge >= 0.3 is 0 Å². The zero-order valence-electron chi connectivity index (χ0n) is 9.01. The van der Waals surface area contributed by atoms with Crippen LogP contribution in [-0.2, 0) is 4.74 Å². The molecule has 0 aliphatic heterocycles. The molecule has 0 radical (unpaired) electrons. The van der Waals surface area contributed by atoms with E-state index in [1.165, 1.54) is 25.7 Å². The van der Waals surface area contributed by atoms with E-state index in [1.807, 2.05) is 0 Å². The molecule has 0 heterocycles. The minimum absolute atomic E-state index is 0.461. The average molecular weight is 182 g/mol. The fraction of sp³-hybridized carbons (Fsp3) is 0.833. The first-order chi connectivity index (χ1) is 6.22. The van der Waals surface area contributed by atoms with E-state index in [2.05, 4.69) is 20.4 Å². The maximum atomic E-state index is 5.81. The van der Waals surface area contributed by atoms with Crippen LogP contribution < -0.4 is 0 Å². The summed E-state index contributed by atoms with van der Waals surface area (Å²) in [5, 5.41) is 0. The lowest BCUT2D eigenvalue weighted by Gasteiger charge is -2.28. The molecular weight excluding hydrogens is 160 g/mol. The number of allylic oxidation sites excluding steroid dienone is 1. The van der Waals surface area contributed by atoms with Crippen molar-refractivity contribution in [3.63, 3.8) is 0 Å². The Hall–Kier alpha value is -0.460. The van der Waals surface area contributed by atoms with Crippen molar-refractivity contribution < 1.29 is 4.74 Å². The van der Waals surface area contributed by atoms with Crippen molar-refractivity contribution in [2.75, 3.05) is 0 Å². The zero-order chi connectivity index (χ0) is 9.68. The van der Waals surface area contributed by atoms with Crippen LogP contribution in [-0.4, -0.2) is 6.10 Å². The second kappa shape index (κ2) is 5.31. The average Bonchev–Trinajstić information content (AvgIpc) is 2.04. The van der Waals surface area contributed by atoms with E-state index in [0.717, 1.165) is 24.5 Å². The standard InChI is InChI=1S/C12H22O/c1-4-6-11(3)13-12-8-5-7-10(2)9-12/h10,12H,3-9H2,1-2H3/t10?,12-/m0/s1. The van der Waals surface area contributed by atoms with Crippen molar-refractivity contribution in [1.82, 2.24) is 0 Å². The molecule has 1 saturated carbocycles. The van der Waals surface area contributed by atoms with Gasteiger partial charge in [0.15, 0.2) is 0 Å². The highest BCUT2D eigenvalue weighted by molar-refractivity contribution is 4.84. The molecule has 0 aromatic heterocycles. The second-order valence-electron chi connectivity index (χ2n) is 4.30. The molecule has 1 aliphatic carbocycles. The van der Waals surface area contributed by atoms with Crippen molar-refractivity contribution in [2.45, 2.75) is 58.5 Å². The van der Waals surface area contributed by atoms with E-state index in [0.29, 0.717) is 6.10 Å². The summed E-state index contributed by atoms with van der Waals surface area (Å²) in [6.07, 6.45) is 7.77. The molecule has 1 aliphatic rings. The van der Waals surface area contributed by atoms with Crippen LogP contribution in [0, 0.1) is 5.92 Å². The van der Waals surface area contributed by atoms with E-state index in [1.54, 1.807) is 0 Å². The van der Waals surface area contributed by atoms with E-state index in [9.17, 15) is 0 Å².